The smallest absolute Gasteiger partial charge is 0.351 e. The number of carbonyl (C=O) groups is 1. The van der Waals surface area contributed by atoms with Gasteiger partial charge in [-0.05, 0) is 38.2 Å². The van der Waals surface area contributed by atoms with Crippen molar-refractivity contribution < 1.29 is 18.0 Å². The Morgan fingerprint density at radius 1 is 1.39 bits per heavy atom. The highest BCUT2D eigenvalue weighted by atomic mass is 19.4. The van der Waals surface area contributed by atoms with Crippen molar-refractivity contribution in [3.63, 3.8) is 0 Å². The van der Waals surface area contributed by atoms with Crippen LogP contribution >= 0.6 is 0 Å². The molecule has 0 aliphatic heterocycles. The van der Waals surface area contributed by atoms with E-state index in [4.69, 9.17) is 0 Å². The number of rotatable bonds is 3. The molecular weight excluding hydrogens is 307 g/mol. The van der Waals surface area contributed by atoms with E-state index in [1.807, 2.05) is 0 Å². The fraction of sp³-hybridized carbons (Fsp3) is 0.750. The minimum atomic E-state index is -4.50. The first-order valence-corrected chi connectivity index (χ1v) is 8.05. The summed E-state index contributed by atoms with van der Waals surface area (Å²) in [5.41, 5.74) is -0.639. The second-order valence-corrected chi connectivity index (χ2v) is 6.67. The third-order valence-electron chi connectivity index (χ3n) is 4.99. The topological polar surface area (TPSA) is 46.9 Å². The number of hydrogen-bond acceptors (Lipinski definition) is 2. The second-order valence-electron chi connectivity index (χ2n) is 6.67. The molecule has 0 spiro atoms. The lowest BCUT2D eigenvalue weighted by atomic mass is 9.78. The first kappa shape index (κ1) is 17.8. The number of aryl methyl sites for hydroxylation is 1. The van der Waals surface area contributed by atoms with E-state index >= 15 is 0 Å². The monoisotopic (exact) mass is 331 g/mol. The van der Waals surface area contributed by atoms with E-state index in [9.17, 15) is 18.0 Å². The summed E-state index contributed by atoms with van der Waals surface area (Å²) in [6, 6.07) is 0.275. The maximum atomic E-state index is 12.7. The maximum absolute atomic E-state index is 12.7. The van der Waals surface area contributed by atoms with Crippen LogP contribution in [0.5, 0.6) is 0 Å². The molecule has 1 fully saturated rings. The van der Waals surface area contributed by atoms with Crippen LogP contribution in [0.15, 0.2) is 6.07 Å². The van der Waals surface area contributed by atoms with Crippen LogP contribution in [0.25, 0.3) is 0 Å². The van der Waals surface area contributed by atoms with Crippen LogP contribution in [0.3, 0.4) is 0 Å². The van der Waals surface area contributed by atoms with E-state index in [0.29, 0.717) is 17.5 Å². The normalized spacial score (nSPS) is 26.8. The molecule has 1 amide bonds. The molecule has 0 bridgehead atoms. The zero-order valence-corrected chi connectivity index (χ0v) is 13.9. The Kier molecular flexibility index (Phi) is 5.06. The summed E-state index contributed by atoms with van der Waals surface area (Å²) in [5, 5.41) is 6.55. The Morgan fingerprint density at radius 2 is 2.04 bits per heavy atom. The van der Waals surface area contributed by atoms with Crippen molar-refractivity contribution in [2.24, 2.45) is 11.8 Å². The lowest BCUT2D eigenvalue weighted by molar-refractivity contribution is -0.142. The number of halogens is 3. The van der Waals surface area contributed by atoms with Gasteiger partial charge >= 0.3 is 6.18 Å². The van der Waals surface area contributed by atoms with Crippen LogP contribution in [0.1, 0.15) is 57.5 Å². The summed E-state index contributed by atoms with van der Waals surface area (Å²) in [4.78, 5) is 12.4. The number of alkyl halides is 3. The number of nitrogens with one attached hydrogen (secondary N) is 1. The van der Waals surface area contributed by atoms with E-state index in [0.717, 1.165) is 30.0 Å². The fourth-order valence-corrected chi connectivity index (χ4v) is 3.22. The molecule has 4 unspecified atom stereocenters. The Morgan fingerprint density at radius 3 is 2.61 bits per heavy atom. The van der Waals surface area contributed by atoms with Crippen LogP contribution < -0.4 is 5.32 Å². The summed E-state index contributed by atoms with van der Waals surface area (Å²) in [5.74, 6) is 0.618. The second kappa shape index (κ2) is 6.53. The molecule has 1 heterocycles. The standard InChI is InChI=1S/C16H24F3N3O/c1-9-6-5-7-13(11(9)3)20-15(23)12(4)22-10(2)8-14(21-22)16(17,18)19/h8-9,11-13H,5-7H2,1-4H3,(H,20,23). The molecule has 0 radical (unpaired) electrons. The molecule has 7 heteroatoms. The maximum Gasteiger partial charge on any atom is 0.435 e. The van der Waals surface area contributed by atoms with Gasteiger partial charge in [0.25, 0.3) is 0 Å². The highest BCUT2D eigenvalue weighted by Crippen LogP contribution is 2.31. The SMILES string of the molecule is Cc1cc(C(F)(F)F)nn1C(C)C(=O)NC1CCCC(C)C1C. The Bertz CT molecular complexity index is 567. The molecule has 0 aromatic carbocycles. The molecule has 130 valence electrons. The van der Waals surface area contributed by atoms with Crippen molar-refractivity contribution in [1.29, 1.82) is 0 Å². The highest BCUT2D eigenvalue weighted by molar-refractivity contribution is 5.80. The van der Waals surface area contributed by atoms with E-state index in [1.54, 1.807) is 6.92 Å². The zero-order chi connectivity index (χ0) is 17.4. The first-order valence-electron chi connectivity index (χ1n) is 8.05. The van der Waals surface area contributed by atoms with E-state index < -0.39 is 17.9 Å². The summed E-state index contributed by atoms with van der Waals surface area (Å²) >= 11 is 0. The summed E-state index contributed by atoms with van der Waals surface area (Å²) in [6.45, 7) is 7.38. The average Bonchev–Trinajstić information content (AvgIpc) is 2.85. The van der Waals surface area contributed by atoms with Gasteiger partial charge in [-0.2, -0.15) is 18.3 Å². The summed E-state index contributed by atoms with van der Waals surface area (Å²) in [6.07, 6.45) is -1.38. The van der Waals surface area contributed by atoms with Gasteiger partial charge in [0.05, 0.1) is 0 Å². The van der Waals surface area contributed by atoms with Gasteiger partial charge in [0.15, 0.2) is 5.69 Å². The van der Waals surface area contributed by atoms with Gasteiger partial charge in [-0.15, -0.1) is 0 Å². The van der Waals surface area contributed by atoms with Crippen molar-refractivity contribution in [3.05, 3.63) is 17.5 Å². The molecular formula is C16H24F3N3O. The molecule has 1 N–H and O–H groups in total. The van der Waals surface area contributed by atoms with Crippen molar-refractivity contribution in [2.45, 2.75) is 65.2 Å². The van der Waals surface area contributed by atoms with Gasteiger partial charge in [-0.3, -0.25) is 9.48 Å². The van der Waals surface area contributed by atoms with Gasteiger partial charge in [0.2, 0.25) is 5.91 Å². The minimum absolute atomic E-state index is 0.0756. The third kappa shape index (κ3) is 3.87. The van der Waals surface area contributed by atoms with Crippen LogP contribution in [-0.4, -0.2) is 21.7 Å². The molecule has 2 rings (SSSR count). The van der Waals surface area contributed by atoms with Crippen LogP contribution in [0.2, 0.25) is 0 Å². The van der Waals surface area contributed by atoms with Gasteiger partial charge in [-0.25, -0.2) is 0 Å². The number of aromatic nitrogens is 2. The highest BCUT2D eigenvalue weighted by Gasteiger charge is 2.36. The predicted molar refractivity (Wildman–Crippen MR) is 80.8 cm³/mol. The zero-order valence-electron chi connectivity index (χ0n) is 13.9. The molecule has 4 atom stereocenters. The number of hydrogen-bond donors (Lipinski definition) is 1. The lowest BCUT2D eigenvalue weighted by Gasteiger charge is -2.35. The Balaban J connectivity index is 2.09. The molecule has 1 aliphatic rings. The van der Waals surface area contributed by atoms with Gasteiger partial charge in [0.1, 0.15) is 6.04 Å². The Hall–Kier alpha value is -1.53. The van der Waals surface area contributed by atoms with Crippen molar-refractivity contribution in [2.75, 3.05) is 0 Å². The molecule has 1 saturated carbocycles. The van der Waals surface area contributed by atoms with Crippen molar-refractivity contribution in [1.82, 2.24) is 15.1 Å². The van der Waals surface area contributed by atoms with Crippen molar-refractivity contribution >= 4 is 5.91 Å². The third-order valence-corrected chi connectivity index (χ3v) is 4.99. The van der Waals surface area contributed by atoms with Crippen molar-refractivity contribution in [3.8, 4) is 0 Å². The average molecular weight is 331 g/mol. The molecule has 0 saturated heterocycles. The van der Waals surface area contributed by atoms with Gasteiger partial charge in [-0.1, -0.05) is 26.7 Å². The van der Waals surface area contributed by atoms with E-state index in [1.165, 1.54) is 6.92 Å². The quantitative estimate of drug-likeness (QED) is 0.918. The molecule has 1 aromatic heterocycles. The number of nitrogens with zero attached hydrogens (tertiary/aromatic N) is 2. The molecule has 1 aromatic rings. The molecule has 23 heavy (non-hydrogen) atoms. The lowest BCUT2D eigenvalue weighted by Crippen LogP contribution is -2.46. The van der Waals surface area contributed by atoms with Crippen LogP contribution in [-0.2, 0) is 11.0 Å². The summed E-state index contributed by atoms with van der Waals surface area (Å²) in [7, 11) is 0. The minimum Gasteiger partial charge on any atom is -0.351 e. The number of amides is 1. The fourth-order valence-electron chi connectivity index (χ4n) is 3.22. The Labute approximate surface area is 134 Å². The van der Waals surface area contributed by atoms with E-state index in [-0.39, 0.29) is 11.9 Å². The van der Waals surface area contributed by atoms with E-state index in [2.05, 4.69) is 24.3 Å². The van der Waals surface area contributed by atoms with Crippen LogP contribution in [0.4, 0.5) is 13.2 Å². The van der Waals surface area contributed by atoms with Crippen LogP contribution in [0, 0.1) is 18.8 Å². The molecule has 4 nitrogen and oxygen atoms in total. The molecule has 1 aliphatic carbocycles. The largest absolute Gasteiger partial charge is 0.435 e. The summed E-state index contributed by atoms with van der Waals surface area (Å²) < 4.78 is 39.4. The first-order chi connectivity index (χ1) is 10.6. The number of carbonyl (C=O) groups excluding carboxylic acids is 1. The van der Waals surface area contributed by atoms with Gasteiger partial charge in [0, 0.05) is 11.7 Å². The predicted octanol–water partition coefficient (Wildman–Crippen LogP) is 3.71. The van der Waals surface area contributed by atoms with Gasteiger partial charge < -0.3 is 5.32 Å².